The third kappa shape index (κ3) is 4.99. The van der Waals surface area contributed by atoms with E-state index in [1.165, 1.54) is 4.31 Å². The van der Waals surface area contributed by atoms with Gasteiger partial charge in [-0.25, -0.2) is 12.8 Å². The molecular formula is C22H27FN2O4S. The van der Waals surface area contributed by atoms with E-state index in [1.54, 1.807) is 48.5 Å². The van der Waals surface area contributed by atoms with E-state index in [-0.39, 0.29) is 36.9 Å². The molecule has 0 radical (unpaired) electrons. The van der Waals surface area contributed by atoms with Gasteiger partial charge in [0.1, 0.15) is 5.75 Å². The number of carbonyl (C=O) groups excluding carboxylic acids is 1. The first-order valence-electron chi connectivity index (χ1n) is 9.94. The van der Waals surface area contributed by atoms with Crippen molar-refractivity contribution in [2.45, 2.75) is 50.3 Å². The van der Waals surface area contributed by atoms with Crippen molar-refractivity contribution in [1.82, 2.24) is 4.31 Å². The fourth-order valence-corrected chi connectivity index (χ4v) is 4.74. The zero-order chi connectivity index (χ0) is 21.9. The summed E-state index contributed by atoms with van der Waals surface area (Å²) in [5.41, 5.74) is -0.703. The number of hydrogen-bond acceptors (Lipinski definition) is 4. The lowest BCUT2D eigenvalue weighted by Gasteiger charge is -2.34. The number of hydrogen-bond donors (Lipinski definition) is 1. The van der Waals surface area contributed by atoms with Crippen LogP contribution in [-0.4, -0.2) is 43.5 Å². The smallest absolute Gasteiger partial charge is 0.262 e. The van der Waals surface area contributed by atoms with Gasteiger partial charge < -0.3 is 10.1 Å². The number of nitrogens with zero attached hydrogens (tertiary/aromatic N) is 1. The second kappa shape index (κ2) is 8.73. The summed E-state index contributed by atoms with van der Waals surface area (Å²) in [6.07, 6.45) is -0.363. The van der Waals surface area contributed by atoms with Crippen molar-refractivity contribution in [3.8, 4) is 5.75 Å². The van der Waals surface area contributed by atoms with Crippen LogP contribution in [0.2, 0.25) is 0 Å². The van der Waals surface area contributed by atoms with E-state index in [0.29, 0.717) is 11.4 Å². The van der Waals surface area contributed by atoms with Crippen LogP contribution in [0.15, 0.2) is 53.4 Å². The molecule has 162 valence electrons. The zero-order valence-corrected chi connectivity index (χ0v) is 18.2. The second-order valence-corrected chi connectivity index (χ2v) is 9.77. The lowest BCUT2D eigenvalue weighted by atomic mass is 9.93. The molecular weight excluding hydrogens is 407 g/mol. The largest absolute Gasteiger partial charge is 0.491 e. The van der Waals surface area contributed by atoms with Crippen LogP contribution in [0.3, 0.4) is 0 Å². The second-order valence-electron chi connectivity index (χ2n) is 7.83. The SMILES string of the molecule is Cc1ccc(S(=O)(=O)N2CCC(F)(C(=O)Nc3ccc(OC(C)C)cc3)CC2)cc1. The van der Waals surface area contributed by atoms with Gasteiger partial charge in [-0.15, -0.1) is 0 Å². The number of carbonyl (C=O) groups is 1. The summed E-state index contributed by atoms with van der Waals surface area (Å²) in [7, 11) is -3.71. The Kier molecular flexibility index (Phi) is 6.47. The van der Waals surface area contributed by atoms with Crippen LogP contribution in [0.25, 0.3) is 0 Å². The molecule has 0 unspecified atom stereocenters. The number of ether oxygens (including phenoxy) is 1. The Morgan fingerprint density at radius 3 is 2.17 bits per heavy atom. The van der Waals surface area contributed by atoms with E-state index in [2.05, 4.69) is 5.32 Å². The molecule has 0 bridgehead atoms. The van der Waals surface area contributed by atoms with Crippen molar-refractivity contribution in [2.75, 3.05) is 18.4 Å². The van der Waals surface area contributed by atoms with Crippen molar-refractivity contribution < 1.29 is 22.3 Å². The first kappa shape index (κ1) is 22.2. The number of amides is 1. The zero-order valence-electron chi connectivity index (χ0n) is 17.4. The number of aryl methyl sites for hydroxylation is 1. The molecule has 0 spiro atoms. The van der Waals surface area contributed by atoms with Gasteiger partial charge in [0.2, 0.25) is 10.0 Å². The predicted octanol–water partition coefficient (Wildman–Crippen LogP) is 3.91. The molecule has 2 aromatic carbocycles. The third-order valence-electron chi connectivity index (χ3n) is 5.06. The topological polar surface area (TPSA) is 75.7 Å². The predicted molar refractivity (Wildman–Crippen MR) is 114 cm³/mol. The van der Waals surface area contributed by atoms with Crippen LogP contribution in [0.4, 0.5) is 10.1 Å². The van der Waals surface area contributed by atoms with Crippen molar-refractivity contribution in [3.05, 3.63) is 54.1 Å². The maximum absolute atomic E-state index is 15.3. The van der Waals surface area contributed by atoms with Crippen molar-refractivity contribution in [3.63, 3.8) is 0 Å². The minimum absolute atomic E-state index is 0.0286. The Morgan fingerprint density at radius 1 is 1.07 bits per heavy atom. The van der Waals surface area contributed by atoms with E-state index in [9.17, 15) is 13.2 Å². The molecule has 8 heteroatoms. The maximum Gasteiger partial charge on any atom is 0.262 e. The van der Waals surface area contributed by atoms with E-state index in [0.717, 1.165) is 5.56 Å². The highest BCUT2D eigenvalue weighted by Gasteiger charge is 2.44. The van der Waals surface area contributed by atoms with Gasteiger partial charge >= 0.3 is 0 Å². The molecule has 1 aliphatic heterocycles. The van der Waals surface area contributed by atoms with Crippen LogP contribution < -0.4 is 10.1 Å². The van der Waals surface area contributed by atoms with Gasteiger partial charge in [-0.2, -0.15) is 4.31 Å². The van der Waals surface area contributed by atoms with Gasteiger partial charge in [0.05, 0.1) is 11.0 Å². The minimum Gasteiger partial charge on any atom is -0.491 e. The molecule has 1 heterocycles. The molecule has 3 rings (SSSR count). The van der Waals surface area contributed by atoms with Crippen molar-refractivity contribution in [2.24, 2.45) is 0 Å². The summed E-state index contributed by atoms with van der Waals surface area (Å²) in [4.78, 5) is 12.7. The molecule has 0 aliphatic carbocycles. The monoisotopic (exact) mass is 434 g/mol. The normalized spacial score (nSPS) is 17.0. The van der Waals surface area contributed by atoms with Gasteiger partial charge in [0, 0.05) is 31.6 Å². The lowest BCUT2D eigenvalue weighted by molar-refractivity contribution is -0.129. The van der Waals surface area contributed by atoms with Crippen LogP contribution in [-0.2, 0) is 14.8 Å². The number of anilines is 1. The lowest BCUT2D eigenvalue weighted by Crippen LogP contribution is -2.50. The van der Waals surface area contributed by atoms with Gasteiger partial charge in [0.15, 0.2) is 5.67 Å². The van der Waals surface area contributed by atoms with E-state index >= 15 is 4.39 Å². The molecule has 1 amide bonds. The molecule has 1 N–H and O–H groups in total. The average Bonchev–Trinajstić information content (AvgIpc) is 2.70. The fraction of sp³-hybridized carbons (Fsp3) is 0.409. The number of piperidine rings is 1. The summed E-state index contributed by atoms with van der Waals surface area (Å²) in [5, 5.41) is 2.59. The summed E-state index contributed by atoms with van der Waals surface area (Å²) < 4.78 is 47.6. The number of rotatable bonds is 6. The summed E-state index contributed by atoms with van der Waals surface area (Å²) in [5.74, 6) is -0.0972. The summed E-state index contributed by atoms with van der Waals surface area (Å²) in [6.45, 7) is 5.59. The highest BCUT2D eigenvalue weighted by Crippen LogP contribution is 2.31. The summed E-state index contributed by atoms with van der Waals surface area (Å²) in [6, 6.07) is 13.2. The van der Waals surface area contributed by atoms with E-state index < -0.39 is 21.6 Å². The quantitative estimate of drug-likeness (QED) is 0.748. The maximum atomic E-state index is 15.3. The average molecular weight is 435 g/mol. The Hall–Kier alpha value is -2.45. The Labute approximate surface area is 177 Å². The number of sulfonamides is 1. The van der Waals surface area contributed by atoms with Crippen LogP contribution in [0, 0.1) is 6.92 Å². The van der Waals surface area contributed by atoms with Crippen LogP contribution in [0.5, 0.6) is 5.75 Å². The van der Waals surface area contributed by atoms with Crippen LogP contribution >= 0.6 is 0 Å². The van der Waals surface area contributed by atoms with Gasteiger partial charge in [-0.3, -0.25) is 4.79 Å². The standard InChI is InChI=1S/C22H27FN2O4S/c1-16(2)29-19-8-6-18(7-9-19)24-21(26)22(23)12-14-25(15-13-22)30(27,28)20-10-4-17(3)5-11-20/h4-11,16H,12-15H2,1-3H3,(H,24,26). The molecule has 1 aliphatic rings. The Bertz CT molecular complexity index is 981. The van der Waals surface area contributed by atoms with Crippen LogP contribution in [0.1, 0.15) is 32.3 Å². The third-order valence-corrected chi connectivity index (χ3v) is 6.98. The van der Waals surface area contributed by atoms with E-state index in [1.807, 2.05) is 20.8 Å². The first-order valence-corrected chi connectivity index (χ1v) is 11.4. The molecule has 0 atom stereocenters. The molecule has 2 aromatic rings. The van der Waals surface area contributed by atoms with Crippen molar-refractivity contribution >= 4 is 21.6 Å². The Morgan fingerprint density at radius 2 is 1.63 bits per heavy atom. The van der Waals surface area contributed by atoms with Gasteiger partial charge in [0.25, 0.3) is 5.91 Å². The number of benzene rings is 2. The molecule has 1 saturated heterocycles. The number of halogens is 1. The Balaban J connectivity index is 1.62. The number of alkyl halides is 1. The fourth-order valence-electron chi connectivity index (χ4n) is 3.30. The molecule has 0 saturated carbocycles. The molecule has 0 aromatic heterocycles. The number of nitrogens with one attached hydrogen (secondary N) is 1. The van der Waals surface area contributed by atoms with Crippen molar-refractivity contribution in [1.29, 1.82) is 0 Å². The molecule has 1 fully saturated rings. The molecule has 30 heavy (non-hydrogen) atoms. The molecule has 6 nitrogen and oxygen atoms in total. The van der Waals surface area contributed by atoms with Gasteiger partial charge in [-0.05, 0) is 57.2 Å². The van der Waals surface area contributed by atoms with Gasteiger partial charge in [-0.1, -0.05) is 17.7 Å². The van der Waals surface area contributed by atoms with E-state index in [4.69, 9.17) is 4.74 Å². The minimum atomic E-state index is -3.71. The summed E-state index contributed by atoms with van der Waals surface area (Å²) >= 11 is 0. The highest BCUT2D eigenvalue weighted by atomic mass is 32.2. The highest BCUT2D eigenvalue weighted by molar-refractivity contribution is 7.89. The first-order chi connectivity index (χ1) is 14.1.